The lowest BCUT2D eigenvalue weighted by Crippen LogP contribution is -2.44. The Morgan fingerprint density at radius 1 is 1.47 bits per heavy atom. The fraction of sp³-hybridized carbons (Fsp3) is 0.545. The van der Waals surface area contributed by atoms with Crippen molar-refractivity contribution in [3.05, 3.63) is 30.1 Å². The van der Waals surface area contributed by atoms with Crippen molar-refractivity contribution in [1.29, 1.82) is 0 Å². The largest absolute Gasteiger partial charge is 0.404 e. The van der Waals surface area contributed by atoms with Gasteiger partial charge in [0.1, 0.15) is 6.04 Å². The van der Waals surface area contributed by atoms with E-state index in [-0.39, 0.29) is 19.5 Å². The Morgan fingerprint density at radius 3 is 2.65 bits per heavy atom. The van der Waals surface area contributed by atoms with Crippen LogP contribution in [0.25, 0.3) is 0 Å². The normalized spacial score (nSPS) is 14.0. The molecule has 1 atom stereocenters. The van der Waals surface area contributed by atoms with Gasteiger partial charge in [-0.25, -0.2) is 0 Å². The van der Waals surface area contributed by atoms with E-state index in [1.54, 1.807) is 24.5 Å². The first-order chi connectivity index (χ1) is 7.95. The van der Waals surface area contributed by atoms with Crippen molar-refractivity contribution >= 4 is 0 Å². The minimum Gasteiger partial charge on any atom is -0.330 e. The number of nitrogens with zero attached hydrogens (tertiary/aromatic N) is 2. The first-order valence-electron chi connectivity index (χ1n) is 5.31. The fourth-order valence-electron chi connectivity index (χ4n) is 1.68. The van der Waals surface area contributed by atoms with Crippen LogP contribution in [-0.2, 0) is 6.54 Å². The predicted molar refractivity (Wildman–Crippen MR) is 59.2 cm³/mol. The molecule has 0 spiro atoms. The summed E-state index contributed by atoms with van der Waals surface area (Å²) in [5.74, 6) is 0. The van der Waals surface area contributed by atoms with Crippen molar-refractivity contribution in [3.63, 3.8) is 0 Å². The third-order valence-electron chi connectivity index (χ3n) is 2.50. The van der Waals surface area contributed by atoms with Crippen LogP contribution in [-0.4, -0.2) is 35.7 Å². The number of hydrogen-bond donors (Lipinski definition) is 1. The summed E-state index contributed by atoms with van der Waals surface area (Å²) in [5.41, 5.74) is 5.97. The molecule has 1 aromatic heterocycles. The highest BCUT2D eigenvalue weighted by Crippen LogP contribution is 2.27. The molecule has 17 heavy (non-hydrogen) atoms. The standard InChI is InChI=1S/C11H16F3N3/c1-17(8-9-3-2-6-16-7-9)10(4-5-15)11(12,13)14/h2-3,6-7,10H,4-5,8,15H2,1H3. The maximum absolute atomic E-state index is 12.7. The summed E-state index contributed by atoms with van der Waals surface area (Å²) in [6.45, 7) is 0.222. The third-order valence-corrected chi connectivity index (χ3v) is 2.50. The predicted octanol–water partition coefficient (Wildman–Crippen LogP) is 1.79. The van der Waals surface area contributed by atoms with Gasteiger partial charge in [-0.3, -0.25) is 9.88 Å². The van der Waals surface area contributed by atoms with Gasteiger partial charge in [0.15, 0.2) is 0 Å². The monoisotopic (exact) mass is 247 g/mol. The van der Waals surface area contributed by atoms with Crippen molar-refractivity contribution in [2.24, 2.45) is 5.73 Å². The molecular formula is C11H16F3N3. The average Bonchev–Trinajstić information content (AvgIpc) is 2.25. The first-order valence-corrected chi connectivity index (χ1v) is 5.31. The van der Waals surface area contributed by atoms with Gasteiger partial charge < -0.3 is 5.73 Å². The van der Waals surface area contributed by atoms with Gasteiger partial charge in [0.05, 0.1) is 0 Å². The molecule has 1 aromatic rings. The molecule has 1 rings (SSSR count). The maximum Gasteiger partial charge on any atom is 0.404 e. The summed E-state index contributed by atoms with van der Waals surface area (Å²) in [4.78, 5) is 5.13. The van der Waals surface area contributed by atoms with Crippen LogP contribution in [0, 0.1) is 0 Å². The van der Waals surface area contributed by atoms with Crippen molar-refractivity contribution in [2.75, 3.05) is 13.6 Å². The molecule has 0 saturated heterocycles. The fourth-order valence-corrected chi connectivity index (χ4v) is 1.68. The second-order valence-electron chi connectivity index (χ2n) is 3.91. The summed E-state index contributed by atoms with van der Waals surface area (Å²) in [6.07, 6.45) is -1.20. The number of alkyl halides is 3. The molecule has 0 aliphatic carbocycles. The Kier molecular flexibility index (Phi) is 4.89. The van der Waals surface area contributed by atoms with E-state index in [1.807, 2.05) is 0 Å². The Hall–Kier alpha value is -1.14. The topological polar surface area (TPSA) is 42.2 Å². The molecule has 0 fully saturated rings. The zero-order valence-electron chi connectivity index (χ0n) is 9.61. The Balaban J connectivity index is 2.69. The van der Waals surface area contributed by atoms with Gasteiger partial charge in [-0.2, -0.15) is 13.2 Å². The zero-order valence-corrected chi connectivity index (χ0v) is 9.61. The van der Waals surface area contributed by atoms with Crippen molar-refractivity contribution in [3.8, 4) is 0 Å². The number of halogens is 3. The Labute approximate surface area is 98.4 Å². The zero-order chi connectivity index (χ0) is 12.9. The lowest BCUT2D eigenvalue weighted by Gasteiger charge is -2.29. The van der Waals surface area contributed by atoms with Gasteiger partial charge in [0, 0.05) is 18.9 Å². The lowest BCUT2D eigenvalue weighted by atomic mass is 10.1. The van der Waals surface area contributed by atoms with Crippen molar-refractivity contribution < 1.29 is 13.2 Å². The van der Waals surface area contributed by atoms with Crippen LogP contribution in [0.4, 0.5) is 13.2 Å². The van der Waals surface area contributed by atoms with Crippen LogP contribution < -0.4 is 5.73 Å². The van der Waals surface area contributed by atoms with E-state index in [0.29, 0.717) is 0 Å². The molecular weight excluding hydrogens is 231 g/mol. The number of rotatable bonds is 5. The molecule has 0 amide bonds. The van der Waals surface area contributed by atoms with E-state index < -0.39 is 12.2 Å². The summed E-state index contributed by atoms with van der Waals surface area (Å²) in [5, 5.41) is 0. The van der Waals surface area contributed by atoms with Crippen LogP contribution in [0.3, 0.4) is 0 Å². The van der Waals surface area contributed by atoms with Crippen molar-refractivity contribution in [1.82, 2.24) is 9.88 Å². The molecule has 0 aromatic carbocycles. The van der Waals surface area contributed by atoms with Gasteiger partial charge in [-0.15, -0.1) is 0 Å². The molecule has 96 valence electrons. The van der Waals surface area contributed by atoms with E-state index in [9.17, 15) is 13.2 Å². The Bertz CT molecular complexity index is 326. The van der Waals surface area contributed by atoms with Crippen LogP contribution in [0.1, 0.15) is 12.0 Å². The van der Waals surface area contributed by atoms with Crippen LogP contribution >= 0.6 is 0 Å². The highest BCUT2D eigenvalue weighted by atomic mass is 19.4. The van der Waals surface area contributed by atoms with Gasteiger partial charge in [-0.05, 0) is 31.6 Å². The molecule has 0 saturated carbocycles. The van der Waals surface area contributed by atoms with E-state index in [0.717, 1.165) is 5.56 Å². The van der Waals surface area contributed by atoms with Gasteiger partial charge in [0.2, 0.25) is 0 Å². The maximum atomic E-state index is 12.7. The van der Waals surface area contributed by atoms with Gasteiger partial charge >= 0.3 is 6.18 Å². The van der Waals surface area contributed by atoms with Crippen molar-refractivity contribution in [2.45, 2.75) is 25.2 Å². The lowest BCUT2D eigenvalue weighted by molar-refractivity contribution is -0.182. The van der Waals surface area contributed by atoms with E-state index in [2.05, 4.69) is 4.98 Å². The molecule has 3 nitrogen and oxygen atoms in total. The van der Waals surface area contributed by atoms with E-state index >= 15 is 0 Å². The molecule has 1 heterocycles. The number of pyridine rings is 1. The molecule has 6 heteroatoms. The Morgan fingerprint density at radius 2 is 2.18 bits per heavy atom. The molecule has 1 unspecified atom stereocenters. The summed E-state index contributed by atoms with van der Waals surface area (Å²) in [7, 11) is 1.45. The summed E-state index contributed by atoms with van der Waals surface area (Å²) < 4.78 is 38.2. The number of aromatic nitrogens is 1. The summed E-state index contributed by atoms with van der Waals surface area (Å²) in [6, 6.07) is 1.95. The molecule has 0 radical (unpaired) electrons. The van der Waals surface area contributed by atoms with E-state index in [4.69, 9.17) is 5.73 Å². The highest BCUT2D eigenvalue weighted by molar-refractivity contribution is 5.08. The van der Waals surface area contributed by atoms with Crippen LogP contribution in [0.2, 0.25) is 0 Å². The third kappa shape index (κ3) is 4.32. The van der Waals surface area contributed by atoms with E-state index in [1.165, 1.54) is 11.9 Å². The number of hydrogen-bond acceptors (Lipinski definition) is 3. The number of nitrogens with two attached hydrogens (primary N) is 1. The molecule has 0 bridgehead atoms. The van der Waals surface area contributed by atoms with Gasteiger partial charge in [-0.1, -0.05) is 6.07 Å². The van der Waals surface area contributed by atoms with Crippen LogP contribution in [0.5, 0.6) is 0 Å². The quantitative estimate of drug-likeness (QED) is 0.862. The molecule has 2 N–H and O–H groups in total. The van der Waals surface area contributed by atoms with Gasteiger partial charge in [0.25, 0.3) is 0 Å². The highest BCUT2D eigenvalue weighted by Gasteiger charge is 2.41. The van der Waals surface area contributed by atoms with Crippen LogP contribution in [0.15, 0.2) is 24.5 Å². The summed E-state index contributed by atoms with van der Waals surface area (Å²) >= 11 is 0. The second-order valence-corrected chi connectivity index (χ2v) is 3.91. The minimum absolute atomic E-state index is 0.0154. The molecule has 0 aliphatic heterocycles. The molecule has 0 aliphatic rings. The minimum atomic E-state index is -4.25. The average molecular weight is 247 g/mol. The first kappa shape index (κ1) is 13.9. The SMILES string of the molecule is CN(Cc1cccnc1)C(CCN)C(F)(F)F. The second kappa shape index (κ2) is 5.97. The smallest absolute Gasteiger partial charge is 0.330 e.